The molecular formula is CH2F2N2O2. The first-order chi connectivity index (χ1) is 3.33. The molecule has 6 heteroatoms. The van der Waals surface area contributed by atoms with E-state index in [-0.39, 0.29) is 0 Å². The molecule has 0 aromatic carbocycles. The highest BCUT2D eigenvalue weighted by atomic mass is 19.2. The van der Waals surface area contributed by atoms with Crippen LogP contribution in [0.5, 0.6) is 0 Å². The third-order valence-electron chi connectivity index (χ3n) is 0.499. The molecule has 0 saturated carbocycles. The Morgan fingerprint density at radius 3 is 1.57 bits per heavy atom. The van der Waals surface area contributed by atoms with E-state index in [9.17, 15) is 8.96 Å². The fourth-order valence-corrected chi connectivity index (χ4v) is 0.123. The first-order valence-electron chi connectivity index (χ1n) is 1.45. The molecule has 0 unspecified atom stereocenters. The summed E-state index contributed by atoms with van der Waals surface area (Å²) in [5.41, 5.74) is 1.74. The molecule has 0 amide bonds. The summed E-state index contributed by atoms with van der Waals surface area (Å²) in [7, 11) is 0. The maximum absolute atomic E-state index is 11.0. The molecule has 2 N–H and O–H groups in total. The maximum Gasteiger partial charge on any atom is 0.398 e. The highest BCUT2D eigenvalue weighted by Crippen LogP contribution is 2.21. The van der Waals surface area contributed by atoms with E-state index in [0.717, 1.165) is 11.1 Å². The van der Waals surface area contributed by atoms with Gasteiger partial charge in [0.1, 0.15) is 0 Å². The van der Waals surface area contributed by atoms with Gasteiger partial charge in [-0.1, -0.05) is 11.1 Å². The first-order valence-corrected chi connectivity index (χ1v) is 1.45. The standard InChI is InChI=1S/CH2F2N2O2/c2-4-1(5-3)6-7-1/h4-5H. The second-order valence-electron chi connectivity index (χ2n) is 0.972. The van der Waals surface area contributed by atoms with E-state index in [2.05, 4.69) is 9.78 Å². The van der Waals surface area contributed by atoms with Crippen molar-refractivity contribution in [2.24, 2.45) is 0 Å². The second-order valence-corrected chi connectivity index (χ2v) is 0.972. The molecule has 1 aliphatic heterocycles. The van der Waals surface area contributed by atoms with Crippen molar-refractivity contribution in [3.8, 4) is 0 Å². The molecule has 0 radical (unpaired) electrons. The smallest absolute Gasteiger partial charge is 0.155 e. The Labute approximate surface area is 37.2 Å². The van der Waals surface area contributed by atoms with Gasteiger partial charge in [0.25, 0.3) is 0 Å². The van der Waals surface area contributed by atoms with Gasteiger partial charge in [-0.05, 0) is 0 Å². The zero-order valence-corrected chi connectivity index (χ0v) is 3.07. The highest BCUT2D eigenvalue weighted by molar-refractivity contribution is 4.53. The molecule has 1 saturated heterocycles. The van der Waals surface area contributed by atoms with Gasteiger partial charge in [0.05, 0.1) is 0 Å². The predicted molar refractivity (Wildman–Crippen MR) is 13.4 cm³/mol. The van der Waals surface area contributed by atoms with Crippen molar-refractivity contribution in [3.63, 3.8) is 0 Å². The molecule has 0 bridgehead atoms. The topological polar surface area (TPSA) is 49.1 Å². The Hall–Kier alpha value is -0.300. The number of hydrogen-bond acceptors (Lipinski definition) is 4. The highest BCUT2D eigenvalue weighted by Gasteiger charge is 2.51. The number of hydrogen-bond donors (Lipinski definition) is 2. The quantitative estimate of drug-likeness (QED) is 0.219. The van der Waals surface area contributed by atoms with Crippen LogP contribution in [0.25, 0.3) is 0 Å². The van der Waals surface area contributed by atoms with Crippen LogP contribution in [0.4, 0.5) is 8.96 Å². The molecule has 1 fully saturated rings. The largest absolute Gasteiger partial charge is 0.398 e. The zero-order valence-electron chi connectivity index (χ0n) is 3.07. The van der Waals surface area contributed by atoms with Gasteiger partial charge in [0.15, 0.2) is 0 Å². The summed E-state index contributed by atoms with van der Waals surface area (Å²) in [6, 6.07) is -2.00. The lowest BCUT2D eigenvalue weighted by Crippen LogP contribution is -2.36. The number of rotatable bonds is 2. The van der Waals surface area contributed by atoms with Crippen LogP contribution >= 0.6 is 0 Å². The Bertz CT molecular complexity index is 68.1. The molecule has 7 heavy (non-hydrogen) atoms. The number of halogens is 2. The van der Waals surface area contributed by atoms with E-state index < -0.39 is 6.03 Å². The minimum absolute atomic E-state index is 0.872. The van der Waals surface area contributed by atoms with Crippen molar-refractivity contribution in [1.29, 1.82) is 0 Å². The van der Waals surface area contributed by atoms with Crippen molar-refractivity contribution < 1.29 is 18.7 Å². The molecule has 0 spiro atoms. The molecule has 1 aliphatic rings. The van der Waals surface area contributed by atoms with Gasteiger partial charge >= 0.3 is 6.03 Å². The summed E-state index contributed by atoms with van der Waals surface area (Å²) in [5.74, 6) is 0. The molecule has 0 aromatic rings. The molecular weight excluding hydrogens is 110 g/mol. The van der Waals surface area contributed by atoms with Gasteiger partial charge in [-0.15, -0.1) is 8.96 Å². The fraction of sp³-hybridized carbons (Fsp3) is 1.00. The maximum atomic E-state index is 11.0. The monoisotopic (exact) mass is 112 g/mol. The van der Waals surface area contributed by atoms with Gasteiger partial charge in [-0.3, -0.25) is 0 Å². The second kappa shape index (κ2) is 1.34. The van der Waals surface area contributed by atoms with Crippen LogP contribution in [-0.4, -0.2) is 6.03 Å². The van der Waals surface area contributed by atoms with Crippen molar-refractivity contribution in [2.75, 3.05) is 0 Å². The Morgan fingerprint density at radius 1 is 1.14 bits per heavy atom. The van der Waals surface area contributed by atoms with Gasteiger partial charge in [-0.2, -0.15) is 9.78 Å². The molecule has 1 heterocycles. The molecule has 0 aliphatic carbocycles. The summed E-state index contributed by atoms with van der Waals surface area (Å²) in [5, 5.41) is 0. The Balaban J connectivity index is 2.28. The van der Waals surface area contributed by atoms with E-state index >= 15 is 0 Å². The average Bonchev–Trinajstić information content (AvgIpc) is 2.46. The molecule has 0 atom stereocenters. The zero-order chi connectivity index (χ0) is 5.33. The lowest BCUT2D eigenvalue weighted by Gasteiger charge is -1.91. The normalized spacial score (nSPS) is 24.9. The predicted octanol–water partition coefficient (Wildman–Crippen LogP) is -0.492. The van der Waals surface area contributed by atoms with E-state index in [1.165, 1.54) is 0 Å². The summed E-state index contributed by atoms with van der Waals surface area (Å²) in [4.78, 5) is 7.44. The third-order valence-corrected chi connectivity index (χ3v) is 0.499. The molecule has 1 rings (SSSR count). The number of nitrogens with one attached hydrogen (secondary N) is 2. The minimum Gasteiger partial charge on any atom is -0.155 e. The van der Waals surface area contributed by atoms with E-state index in [4.69, 9.17) is 0 Å². The SMILES string of the molecule is FNC1(NF)OO1. The van der Waals surface area contributed by atoms with Gasteiger partial charge < -0.3 is 0 Å². The van der Waals surface area contributed by atoms with Crippen LogP contribution < -0.4 is 11.1 Å². The lowest BCUT2D eigenvalue weighted by atomic mass is 11.0. The van der Waals surface area contributed by atoms with Gasteiger partial charge in [-0.25, -0.2) is 0 Å². The molecule has 0 aromatic heterocycles. The van der Waals surface area contributed by atoms with E-state index in [1.54, 1.807) is 0 Å². The van der Waals surface area contributed by atoms with Crippen molar-refractivity contribution in [2.45, 2.75) is 6.03 Å². The summed E-state index contributed by atoms with van der Waals surface area (Å²) in [6.07, 6.45) is 0. The summed E-state index contributed by atoms with van der Waals surface area (Å²) < 4.78 is 22.1. The van der Waals surface area contributed by atoms with Crippen LogP contribution in [0.15, 0.2) is 0 Å². The fourth-order valence-electron chi connectivity index (χ4n) is 0.123. The minimum atomic E-state index is -2.00. The molecule has 4 nitrogen and oxygen atoms in total. The van der Waals surface area contributed by atoms with Gasteiger partial charge in [0, 0.05) is 0 Å². The van der Waals surface area contributed by atoms with Crippen molar-refractivity contribution in [1.82, 2.24) is 11.1 Å². The van der Waals surface area contributed by atoms with Gasteiger partial charge in [0.2, 0.25) is 0 Å². The van der Waals surface area contributed by atoms with E-state index in [0.29, 0.717) is 0 Å². The van der Waals surface area contributed by atoms with Crippen LogP contribution in [0, 0.1) is 0 Å². The molecule has 42 valence electrons. The van der Waals surface area contributed by atoms with E-state index in [1.807, 2.05) is 0 Å². The third kappa shape index (κ3) is 0.682. The van der Waals surface area contributed by atoms with Crippen molar-refractivity contribution >= 4 is 0 Å². The summed E-state index contributed by atoms with van der Waals surface area (Å²) in [6.45, 7) is 0. The summed E-state index contributed by atoms with van der Waals surface area (Å²) >= 11 is 0. The average molecular weight is 112 g/mol. The van der Waals surface area contributed by atoms with Crippen LogP contribution in [0.3, 0.4) is 0 Å². The van der Waals surface area contributed by atoms with Crippen LogP contribution in [0.2, 0.25) is 0 Å². The van der Waals surface area contributed by atoms with Crippen LogP contribution in [-0.2, 0) is 9.78 Å². The van der Waals surface area contributed by atoms with Crippen LogP contribution in [0.1, 0.15) is 0 Å². The Morgan fingerprint density at radius 2 is 1.57 bits per heavy atom. The Kier molecular flexibility index (Phi) is 0.927. The van der Waals surface area contributed by atoms with Crippen molar-refractivity contribution in [3.05, 3.63) is 0 Å². The first kappa shape index (κ1) is 4.85. The lowest BCUT2D eigenvalue weighted by molar-refractivity contribution is 0.0508.